The number of furan rings is 1. The lowest BCUT2D eigenvalue weighted by atomic mass is 9.88. The topological polar surface area (TPSA) is 25.6 Å². The second-order valence-corrected chi connectivity index (χ2v) is 15.9. The fraction of sp³-hybridized carbons (Fsp3) is 0.0690. The molecule has 292 valence electrons. The molecule has 0 N–H and O–H groups in total. The standard InChI is InChI=1S/C58H43NO2/c1-2-49-51-33-35-55-56(58(51)61-57(49)43-22-13-6-14-23-43)53-37-45(28-34-54(53)60-55)50-32-31-48(38-52(50)42-20-11-5-12-21-42)59(46-29-26-41(27-30-46)39-16-7-3-8-17-39)47-25-15-24-44(36-47)40-18-9-4-10-19-40/h3-38,49,57H,2H2,1H3. The van der Waals surface area contributed by atoms with Gasteiger partial charge in [-0.15, -0.1) is 0 Å². The van der Waals surface area contributed by atoms with Crippen molar-refractivity contribution in [3.8, 4) is 50.3 Å². The summed E-state index contributed by atoms with van der Waals surface area (Å²) in [5.41, 5.74) is 16.7. The molecule has 2 heterocycles. The summed E-state index contributed by atoms with van der Waals surface area (Å²) in [6.45, 7) is 2.25. The van der Waals surface area contributed by atoms with Crippen LogP contribution in [0.15, 0.2) is 223 Å². The lowest BCUT2D eigenvalue weighted by Gasteiger charge is -2.27. The highest BCUT2D eigenvalue weighted by Gasteiger charge is 2.36. The van der Waals surface area contributed by atoms with E-state index < -0.39 is 0 Å². The zero-order valence-corrected chi connectivity index (χ0v) is 33.9. The van der Waals surface area contributed by atoms with Crippen molar-refractivity contribution in [1.29, 1.82) is 0 Å². The molecule has 11 rings (SSSR count). The molecule has 1 aliphatic rings. The zero-order valence-electron chi connectivity index (χ0n) is 33.9. The first-order valence-corrected chi connectivity index (χ1v) is 21.2. The molecule has 1 aliphatic heterocycles. The summed E-state index contributed by atoms with van der Waals surface area (Å²) in [6, 6.07) is 78.1. The molecule has 10 aromatic rings. The van der Waals surface area contributed by atoms with Crippen LogP contribution in [0, 0.1) is 0 Å². The van der Waals surface area contributed by atoms with Gasteiger partial charge in [0, 0.05) is 33.9 Å². The number of ether oxygens (including phenoxy) is 1. The van der Waals surface area contributed by atoms with Crippen LogP contribution < -0.4 is 9.64 Å². The molecular weight excluding hydrogens is 743 g/mol. The summed E-state index contributed by atoms with van der Waals surface area (Å²) in [5.74, 6) is 1.21. The van der Waals surface area contributed by atoms with Gasteiger partial charge < -0.3 is 14.1 Å². The Kier molecular flexibility index (Phi) is 9.28. The molecule has 0 saturated carbocycles. The molecule has 0 aliphatic carbocycles. The van der Waals surface area contributed by atoms with Gasteiger partial charge in [-0.2, -0.15) is 0 Å². The Hall–Kier alpha value is -7.62. The molecule has 0 radical (unpaired) electrons. The van der Waals surface area contributed by atoms with Crippen LogP contribution in [0.25, 0.3) is 66.4 Å². The van der Waals surface area contributed by atoms with Crippen molar-refractivity contribution in [2.45, 2.75) is 25.4 Å². The van der Waals surface area contributed by atoms with Crippen molar-refractivity contribution in [2.24, 2.45) is 0 Å². The van der Waals surface area contributed by atoms with Gasteiger partial charge in [0.1, 0.15) is 23.0 Å². The molecule has 0 fully saturated rings. The van der Waals surface area contributed by atoms with E-state index in [1.807, 2.05) is 0 Å². The first kappa shape index (κ1) is 36.5. The predicted octanol–water partition coefficient (Wildman–Crippen LogP) is 16.4. The Morgan fingerprint density at radius 1 is 0.426 bits per heavy atom. The molecule has 1 aromatic heterocycles. The van der Waals surface area contributed by atoms with E-state index in [1.54, 1.807) is 0 Å². The van der Waals surface area contributed by atoms with Crippen molar-refractivity contribution < 1.29 is 9.15 Å². The summed E-state index contributed by atoms with van der Waals surface area (Å²) < 4.78 is 13.5. The smallest absolute Gasteiger partial charge is 0.139 e. The van der Waals surface area contributed by atoms with Gasteiger partial charge in [-0.25, -0.2) is 0 Å². The zero-order chi connectivity index (χ0) is 40.7. The fourth-order valence-corrected chi connectivity index (χ4v) is 9.30. The lowest BCUT2D eigenvalue weighted by molar-refractivity contribution is 0.209. The van der Waals surface area contributed by atoms with E-state index in [0.717, 1.165) is 73.4 Å². The van der Waals surface area contributed by atoms with Crippen LogP contribution in [0.4, 0.5) is 17.1 Å². The first-order valence-electron chi connectivity index (χ1n) is 21.2. The highest BCUT2D eigenvalue weighted by atomic mass is 16.5. The van der Waals surface area contributed by atoms with Crippen LogP contribution in [0.3, 0.4) is 0 Å². The van der Waals surface area contributed by atoms with E-state index in [2.05, 4.69) is 230 Å². The average Bonchev–Trinajstić information content (AvgIpc) is 3.91. The SMILES string of the molecule is CCC1c2ccc3oc4ccc(-c5ccc(N(c6ccc(-c7ccccc7)cc6)c6cccc(-c7ccccc7)c6)cc5-c5ccccc5)cc4c3c2OC1c1ccccc1. The maximum atomic E-state index is 6.94. The molecule has 0 bridgehead atoms. The van der Waals surface area contributed by atoms with Gasteiger partial charge in [0.15, 0.2) is 0 Å². The Bertz CT molecular complexity index is 3140. The van der Waals surface area contributed by atoms with Crippen LogP contribution in [-0.2, 0) is 0 Å². The summed E-state index contributed by atoms with van der Waals surface area (Å²) in [4.78, 5) is 2.37. The number of anilines is 3. The second kappa shape index (κ2) is 15.5. The normalized spacial score (nSPS) is 14.5. The van der Waals surface area contributed by atoms with Gasteiger partial charge in [-0.3, -0.25) is 0 Å². The Labute approximate surface area is 356 Å². The fourth-order valence-electron chi connectivity index (χ4n) is 9.30. The van der Waals surface area contributed by atoms with E-state index in [4.69, 9.17) is 9.15 Å². The lowest BCUT2D eigenvalue weighted by Crippen LogP contribution is -2.10. The highest BCUT2D eigenvalue weighted by Crippen LogP contribution is 2.53. The number of benzene rings is 9. The minimum atomic E-state index is -0.0389. The first-order chi connectivity index (χ1) is 30.2. The minimum absolute atomic E-state index is 0.0389. The minimum Gasteiger partial charge on any atom is -0.484 e. The molecule has 0 spiro atoms. The molecule has 3 heteroatoms. The van der Waals surface area contributed by atoms with E-state index in [-0.39, 0.29) is 12.0 Å². The van der Waals surface area contributed by atoms with Crippen molar-refractivity contribution in [3.63, 3.8) is 0 Å². The summed E-state index contributed by atoms with van der Waals surface area (Å²) in [7, 11) is 0. The third-order valence-corrected chi connectivity index (χ3v) is 12.3. The maximum Gasteiger partial charge on any atom is 0.139 e. The molecular formula is C58H43NO2. The largest absolute Gasteiger partial charge is 0.484 e. The number of nitrogens with zero attached hydrogens (tertiary/aromatic N) is 1. The van der Waals surface area contributed by atoms with Crippen LogP contribution in [0.2, 0.25) is 0 Å². The van der Waals surface area contributed by atoms with E-state index >= 15 is 0 Å². The quantitative estimate of drug-likeness (QED) is 0.146. The summed E-state index contributed by atoms with van der Waals surface area (Å²) in [5, 5.41) is 2.11. The van der Waals surface area contributed by atoms with Crippen molar-refractivity contribution >= 4 is 39.0 Å². The van der Waals surface area contributed by atoms with Crippen molar-refractivity contribution in [1.82, 2.24) is 0 Å². The van der Waals surface area contributed by atoms with Crippen molar-refractivity contribution in [3.05, 3.63) is 230 Å². The van der Waals surface area contributed by atoms with E-state index in [0.29, 0.717) is 0 Å². The van der Waals surface area contributed by atoms with Crippen LogP contribution in [-0.4, -0.2) is 0 Å². The van der Waals surface area contributed by atoms with Gasteiger partial charge in [0.05, 0.1) is 5.39 Å². The molecule has 0 saturated heterocycles. The molecule has 61 heavy (non-hydrogen) atoms. The van der Waals surface area contributed by atoms with Crippen LogP contribution >= 0.6 is 0 Å². The van der Waals surface area contributed by atoms with E-state index in [9.17, 15) is 0 Å². The predicted molar refractivity (Wildman–Crippen MR) is 253 cm³/mol. The van der Waals surface area contributed by atoms with Crippen LogP contribution in [0.1, 0.15) is 36.5 Å². The number of hydrogen-bond acceptors (Lipinski definition) is 3. The molecule has 2 unspecified atom stereocenters. The Morgan fingerprint density at radius 3 is 1.70 bits per heavy atom. The van der Waals surface area contributed by atoms with Gasteiger partial charge in [-0.1, -0.05) is 171 Å². The van der Waals surface area contributed by atoms with Crippen LogP contribution in [0.5, 0.6) is 5.75 Å². The molecule has 9 aromatic carbocycles. The highest BCUT2D eigenvalue weighted by molar-refractivity contribution is 6.10. The number of hydrogen-bond donors (Lipinski definition) is 0. The Morgan fingerprint density at radius 2 is 1.00 bits per heavy atom. The number of rotatable bonds is 9. The third-order valence-electron chi connectivity index (χ3n) is 12.3. The molecule has 2 atom stereocenters. The summed E-state index contributed by atoms with van der Waals surface area (Å²) in [6.07, 6.45) is 0.944. The van der Waals surface area contributed by atoms with E-state index in [1.165, 1.54) is 33.4 Å². The maximum absolute atomic E-state index is 6.94. The van der Waals surface area contributed by atoms with Gasteiger partial charge in [0.25, 0.3) is 0 Å². The molecule has 0 amide bonds. The Balaban J connectivity index is 1.06. The van der Waals surface area contributed by atoms with Crippen molar-refractivity contribution in [2.75, 3.05) is 4.90 Å². The molecule has 3 nitrogen and oxygen atoms in total. The average molecular weight is 786 g/mol. The summed E-state index contributed by atoms with van der Waals surface area (Å²) >= 11 is 0. The van der Waals surface area contributed by atoms with Gasteiger partial charge in [0.2, 0.25) is 0 Å². The monoisotopic (exact) mass is 785 g/mol. The van der Waals surface area contributed by atoms with Gasteiger partial charge >= 0.3 is 0 Å². The van der Waals surface area contributed by atoms with Gasteiger partial charge in [-0.05, 0) is 111 Å². The second-order valence-electron chi connectivity index (χ2n) is 15.9. The number of fused-ring (bicyclic) bond motifs is 5. The third kappa shape index (κ3) is 6.65.